The van der Waals surface area contributed by atoms with E-state index in [4.69, 9.17) is 4.42 Å². The van der Waals surface area contributed by atoms with Crippen LogP contribution in [0.25, 0.3) is 0 Å². The predicted molar refractivity (Wildman–Crippen MR) is 86.9 cm³/mol. The molecular weight excluding hydrogens is 290 g/mol. The Morgan fingerprint density at radius 1 is 1.26 bits per heavy atom. The molecule has 0 radical (unpaired) electrons. The van der Waals surface area contributed by atoms with Gasteiger partial charge in [0, 0.05) is 31.4 Å². The van der Waals surface area contributed by atoms with Gasteiger partial charge in [0.15, 0.2) is 0 Å². The Hall–Kier alpha value is -2.14. The molecule has 0 aliphatic carbocycles. The molecule has 2 aromatic heterocycles. The van der Waals surface area contributed by atoms with Gasteiger partial charge in [-0.25, -0.2) is 0 Å². The topological polar surface area (TPSA) is 49.6 Å². The maximum absolute atomic E-state index is 13.1. The first-order chi connectivity index (χ1) is 11.3. The number of hydrogen-bond acceptors (Lipinski definition) is 4. The van der Waals surface area contributed by atoms with Crippen LogP contribution in [0.1, 0.15) is 24.8 Å². The zero-order valence-corrected chi connectivity index (χ0v) is 13.1. The number of rotatable bonds is 3. The van der Waals surface area contributed by atoms with Crippen molar-refractivity contribution in [2.24, 2.45) is 5.41 Å². The lowest BCUT2D eigenvalue weighted by Gasteiger charge is -2.38. The molecule has 23 heavy (non-hydrogen) atoms. The molecule has 120 valence electrons. The predicted octanol–water partition coefficient (Wildman–Crippen LogP) is 2.69. The maximum atomic E-state index is 13.1. The average molecular weight is 311 g/mol. The van der Waals surface area contributed by atoms with Crippen molar-refractivity contribution >= 4 is 11.6 Å². The van der Waals surface area contributed by atoms with E-state index < -0.39 is 0 Å². The number of carbonyl (C=O) groups is 1. The van der Waals surface area contributed by atoms with Crippen LogP contribution in [0.3, 0.4) is 0 Å². The van der Waals surface area contributed by atoms with Crippen LogP contribution >= 0.6 is 0 Å². The van der Waals surface area contributed by atoms with Gasteiger partial charge in [0.1, 0.15) is 0 Å². The van der Waals surface area contributed by atoms with Crippen LogP contribution in [0.15, 0.2) is 47.5 Å². The number of nitrogens with zero attached hydrogens (tertiary/aromatic N) is 3. The van der Waals surface area contributed by atoms with Crippen LogP contribution in [-0.4, -0.2) is 35.4 Å². The van der Waals surface area contributed by atoms with Crippen LogP contribution in [0.4, 0.5) is 5.69 Å². The number of pyridine rings is 1. The molecule has 2 saturated heterocycles. The first kappa shape index (κ1) is 14.5. The van der Waals surface area contributed by atoms with E-state index in [0.29, 0.717) is 0 Å². The normalized spacial score (nSPS) is 25.4. The van der Waals surface area contributed by atoms with Gasteiger partial charge < -0.3 is 9.32 Å². The van der Waals surface area contributed by atoms with Crippen molar-refractivity contribution in [2.45, 2.75) is 25.8 Å². The lowest BCUT2D eigenvalue weighted by atomic mass is 9.78. The minimum atomic E-state index is -0.224. The first-order valence-electron chi connectivity index (χ1n) is 8.22. The molecule has 2 fully saturated rings. The summed E-state index contributed by atoms with van der Waals surface area (Å²) in [6.45, 7) is 3.55. The summed E-state index contributed by atoms with van der Waals surface area (Å²) in [4.78, 5) is 21.5. The Bertz CT molecular complexity index is 671. The monoisotopic (exact) mass is 311 g/mol. The third-order valence-corrected chi connectivity index (χ3v) is 5.11. The third-order valence-electron chi connectivity index (χ3n) is 5.11. The summed E-state index contributed by atoms with van der Waals surface area (Å²) in [6.07, 6.45) is 10.0. The summed E-state index contributed by atoms with van der Waals surface area (Å²) in [5, 5.41) is 0. The zero-order valence-electron chi connectivity index (χ0n) is 13.1. The highest BCUT2D eigenvalue weighted by Crippen LogP contribution is 2.41. The highest BCUT2D eigenvalue weighted by atomic mass is 16.3. The smallest absolute Gasteiger partial charge is 0.234 e. The van der Waals surface area contributed by atoms with Crippen LogP contribution < -0.4 is 4.90 Å². The van der Waals surface area contributed by atoms with Gasteiger partial charge in [0.25, 0.3) is 0 Å². The molecule has 5 nitrogen and oxygen atoms in total. The van der Waals surface area contributed by atoms with Gasteiger partial charge in [-0.05, 0) is 44.0 Å². The number of furan rings is 1. The van der Waals surface area contributed by atoms with Crippen LogP contribution in [0.2, 0.25) is 0 Å². The van der Waals surface area contributed by atoms with Gasteiger partial charge in [-0.3, -0.25) is 14.7 Å². The van der Waals surface area contributed by atoms with Crippen molar-refractivity contribution in [2.75, 3.05) is 24.5 Å². The molecule has 2 aliphatic rings. The lowest BCUT2D eigenvalue weighted by Crippen LogP contribution is -2.47. The van der Waals surface area contributed by atoms with Crippen molar-refractivity contribution in [3.63, 3.8) is 0 Å². The molecule has 4 rings (SSSR count). The fourth-order valence-corrected chi connectivity index (χ4v) is 3.96. The van der Waals surface area contributed by atoms with Crippen LogP contribution in [0, 0.1) is 5.41 Å². The molecule has 0 aromatic carbocycles. The molecule has 1 atom stereocenters. The van der Waals surface area contributed by atoms with Crippen LogP contribution in [-0.2, 0) is 11.3 Å². The number of amides is 1. The Balaban J connectivity index is 1.51. The molecule has 1 amide bonds. The Kier molecular flexibility index (Phi) is 3.65. The van der Waals surface area contributed by atoms with E-state index in [1.54, 1.807) is 24.9 Å². The molecule has 1 spiro atoms. The molecule has 0 saturated carbocycles. The molecule has 2 aromatic rings. The second kappa shape index (κ2) is 5.81. The Morgan fingerprint density at radius 3 is 3.00 bits per heavy atom. The number of carbonyl (C=O) groups excluding carboxylic acids is 1. The van der Waals surface area contributed by atoms with Gasteiger partial charge in [-0.2, -0.15) is 0 Å². The fourth-order valence-electron chi connectivity index (χ4n) is 3.96. The van der Waals surface area contributed by atoms with Gasteiger partial charge in [-0.15, -0.1) is 0 Å². The average Bonchev–Trinajstić information content (AvgIpc) is 3.19. The van der Waals surface area contributed by atoms with Gasteiger partial charge in [0.2, 0.25) is 5.91 Å². The van der Waals surface area contributed by atoms with E-state index in [-0.39, 0.29) is 11.3 Å². The van der Waals surface area contributed by atoms with E-state index in [9.17, 15) is 4.79 Å². The largest absolute Gasteiger partial charge is 0.472 e. The number of hydrogen-bond donors (Lipinski definition) is 0. The van der Waals surface area contributed by atoms with Gasteiger partial charge >= 0.3 is 0 Å². The Labute approximate surface area is 135 Å². The van der Waals surface area contributed by atoms with E-state index in [2.05, 4.69) is 9.88 Å². The number of piperidine rings is 1. The summed E-state index contributed by atoms with van der Waals surface area (Å²) in [5.74, 6) is 0.266. The quantitative estimate of drug-likeness (QED) is 0.874. The minimum Gasteiger partial charge on any atom is -0.472 e. The second-order valence-corrected chi connectivity index (χ2v) is 6.64. The molecular formula is C18H21N3O2. The number of anilines is 1. The van der Waals surface area contributed by atoms with Gasteiger partial charge in [0.05, 0.1) is 29.8 Å². The van der Waals surface area contributed by atoms with E-state index in [1.165, 1.54) is 5.56 Å². The van der Waals surface area contributed by atoms with Crippen molar-refractivity contribution in [1.29, 1.82) is 0 Å². The highest BCUT2D eigenvalue weighted by molar-refractivity contribution is 6.00. The van der Waals surface area contributed by atoms with Crippen molar-refractivity contribution in [3.05, 3.63) is 48.7 Å². The van der Waals surface area contributed by atoms with Crippen molar-refractivity contribution in [3.8, 4) is 0 Å². The summed E-state index contributed by atoms with van der Waals surface area (Å²) in [7, 11) is 0. The standard InChI is InChI=1S/C18H21N3O2/c22-17-18(6-9-21(17)16-3-1-7-19-11-16)5-2-8-20(14-18)12-15-4-10-23-13-15/h1,3-4,7,10-11,13H,2,5-6,8-9,12,14H2/t18-/m0/s1. The van der Waals surface area contributed by atoms with Crippen molar-refractivity contribution < 1.29 is 9.21 Å². The van der Waals surface area contributed by atoms with E-state index in [1.807, 2.05) is 23.1 Å². The number of aromatic nitrogens is 1. The minimum absolute atomic E-state index is 0.224. The summed E-state index contributed by atoms with van der Waals surface area (Å²) >= 11 is 0. The molecule has 2 aliphatic heterocycles. The Morgan fingerprint density at radius 2 is 2.22 bits per heavy atom. The number of likely N-dealkylation sites (tertiary alicyclic amines) is 1. The first-order valence-corrected chi connectivity index (χ1v) is 8.22. The van der Waals surface area contributed by atoms with Crippen LogP contribution in [0.5, 0.6) is 0 Å². The maximum Gasteiger partial charge on any atom is 0.234 e. The molecule has 5 heteroatoms. The molecule has 0 unspecified atom stereocenters. The molecule has 4 heterocycles. The molecule has 0 bridgehead atoms. The summed E-state index contributed by atoms with van der Waals surface area (Å²) in [5.41, 5.74) is 1.87. The lowest BCUT2D eigenvalue weighted by molar-refractivity contribution is -0.128. The summed E-state index contributed by atoms with van der Waals surface area (Å²) in [6, 6.07) is 5.86. The SMILES string of the molecule is O=C1N(c2cccnc2)CC[C@]12CCCN(Cc1ccoc1)C2. The van der Waals surface area contributed by atoms with Crippen molar-refractivity contribution in [1.82, 2.24) is 9.88 Å². The zero-order chi connectivity index (χ0) is 15.7. The molecule has 0 N–H and O–H groups in total. The summed E-state index contributed by atoms with van der Waals surface area (Å²) < 4.78 is 5.16. The highest BCUT2D eigenvalue weighted by Gasteiger charge is 2.49. The second-order valence-electron chi connectivity index (χ2n) is 6.64. The van der Waals surface area contributed by atoms with E-state index >= 15 is 0 Å². The van der Waals surface area contributed by atoms with E-state index in [0.717, 1.165) is 51.1 Å². The fraction of sp³-hybridized carbons (Fsp3) is 0.444. The van der Waals surface area contributed by atoms with Gasteiger partial charge in [-0.1, -0.05) is 0 Å². The third kappa shape index (κ3) is 2.65.